The number of aryl methyl sites for hydroxylation is 6. The Labute approximate surface area is 628 Å². The molecule has 87 heavy (non-hydrogen) atoms. The van der Waals surface area contributed by atoms with Crippen LogP contribution in [0.3, 0.4) is 0 Å². The monoisotopic (exact) mass is 1740 g/mol. The first-order valence-corrected chi connectivity index (χ1v) is 40.2. The number of rotatable bonds is 16. The third-order valence-corrected chi connectivity index (χ3v) is 22.5. The van der Waals surface area contributed by atoms with Crippen LogP contribution in [0, 0.1) is 66.9 Å². The second-order valence-corrected chi connectivity index (χ2v) is 39.3. The molecular formula is C63H80I2N15O3SnY3-3. The van der Waals surface area contributed by atoms with Crippen molar-refractivity contribution in [2.45, 2.75) is 56.4 Å². The van der Waals surface area contributed by atoms with Crippen molar-refractivity contribution in [1.29, 1.82) is 0 Å². The molecule has 24 heteroatoms. The van der Waals surface area contributed by atoms with E-state index < -0.39 is 18.4 Å². The molecule has 3 aliphatic heterocycles. The minimum Gasteiger partial charge on any atom is -0.391 e. The zero-order chi connectivity index (χ0) is 64.7. The van der Waals surface area contributed by atoms with Crippen LogP contribution in [-0.4, -0.2) is 149 Å². The van der Waals surface area contributed by atoms with E-state index in [2.05, 4.69) is 197 Å². The van der Waals surface area contributed by atoms with Gasteiger partial charge in [0.25, 0.3) is 0 Å². The Morgan fingerprint density at radius 1 is 0.506 bits per heavy atom. The zero-order valence-electron chi connectivity index (χ0n) is 55.2. The van der Waals surface area contributed by atoms with Gasteiger partial charge in [0.1, 0.15) is 0 Å². The van der Waals surface area contributed by atoms with Gasteiger partial charge < -0.3 is 9.80 Å². The first-order chi connectivity index (χ1) is 42.1. The molecule has 3 saturated heterocycles. The maximum absolute atomic E-state index is 13.0. The maximum atomic E-state index is 13.0. The molecule has 0 saturated carbocycles. The van der Waals surface area contributed by atoms with E-state index in [9.17, 15) is 14.4 Å². The van der Waals surface area contributed by atoms with E-state index in [0.717, 1.165) is 106 Å². The van der Waals surface area contributed by atoms with Crippen molar-refractivity contribution in [2.75, 3.05) is 113 Å². The molecule has 6 aromatic rings. The number of ketones is 3. The van der Waals surface area contributed by atoms with Gasteiger partial charge in [0.05, 0.1) is 24.5 Å². The van der Waals surface area contributed by atoms with E-state index in [4.69, 9.17) is 22.5 Å². The van der Waals surface area contributed by atoms with Crippen molar-refractivity contribution in [2.24, 2.45) is 15.3 Å². The molecule has 3 radical (unpaired) electrons. The van der Waals surface area contributed by atoms with Crippen LogP contribution in [0.1, 0.15) is 73.2 Å². The number of carbonyl (C=O) groups is 3. The Kier molecular flexibility index (Phi) is 31.1. The summed E-state index contributed by atoms with van der Waals surface area (Å²) in [4.78, 5) is 67.2. The molecule has 0 bridgehead atoms. The molecule has 455 valence electrons. The van der Waals surface area contributed by atoms with Crippen LogP contribution in [0.2, 0.25) is 14.8 Å². The van der Waals surface area contributed by atoms with Crippen molar-refractivity contribution in [3.05, 3.63) is 198 Å². The fraction of sp³-hybridized carbons (Fsp3) is 0.381. The standard InChI is InChI=1S/2C20H21IN5O.C20H21N5O.3CH3.Sn.3Y.4H2/c2*1-14-3-6-19(15(2)11-14)26-9-7-25(8-10-26)13-20(27)16-4-5-18(23-24-22)17(21)12-16;1-15-3-8-19(16(2)13-15)25-11-9-24(10-12-25)14-20(26)17-4-6-18(7-5-17)22-23-21;;;;;;;;;;;/h2*3-5,11-12H,7-10,13H2,1-2H3;3-6,13H,9-12,14H2,1-2H3;3*1H3;;;;;4*1H/q3*-1;;;;;;;;;;;/i21-2;;;;;;;;;;2*1+1D;2*1+1. The van der Waals surface area contributed by atoms with Gasteiger partial charge in [0, 0.05) is 187 Å². The zero-order valence-corrected chi connectivity index (χ0v) is 66.9. The average molecular weight is 1740 g/mol. The average Bonchev–Trinajstić information content (AvgIpc) is 1.04. The molecule has 18 nitrogen and oxygen atoms in total. The number of hydrogen-bond acceptors (Lipinski definition) is 12. The van der Waals surface area contributed by atoms with Gasteiger partial charge in [-0.05, 0) is 68.4 Å². The van der Waals surface area contributed by atoms with Crippen LogP contribution in [0.25, 0.3) is 31.3 Å². The minimum atomic E-state index is -2.52. The topological polar surface area (TPSA) is 217 Å². The van der Waals surface area contributed by atoms with Gasteiger partial charge in [0.15, 0.2) is 11.6 Å². The van der Waals surface area contributed by atoms with Crippen LogP contribution in [-0.2, 0) is 98.1 Å². The molecule has 3 heterocycles. The number of benzene rings is 6. The Balaban J connectivity index is 0.00000130. The van der Waals surface area contributed by atoms with Gasteiger partial charge in [-0.1, -0.05) is 80.5 Å². The van der Waals surface area contributed by atoms with Crippen molar-refractivity contribution >= 4 is 119 Å². The van der Waals surface area contributed by atoms with Crippen LogP contribution in [0.5, 0.6) is 0 Å². The number of halogens is 2. The first-order valence-electron chi connectivity index (χ1n) is 30.0. The normalized spacial score (nSPS) is 14.5. The summed E-state index contributed by atoms with van der Waals surface area (Å²) in [6, 6.07) is 38.8. The predicted octanol–water partition coefficient (Wildman–Crippen LogP) is 14.9. The number of nitrogens with zero attached hydrogens (tertiary/aromatic N) is 15. The number of carbonyl (C=O) groups excluding carboxylic acids is 3. The molecule has 3 fully saturated rings. The van der Waals surface area contributed by atoms with Crippen molar-refractivity contribution in [3.8, 4) is 0 Å². The summed E-state index contributed by atoms with van der Waals surface area (Å²) in [6.45, 7) is 24.3. The quantitative estimate of drug-likeness (QED) is 0.0171. The van der Waals surface area contributed by atoms with Gasteiger partial charge in [0.2, 0.25) is 0 Å². The number of azide groups is 3. The molecular weight excluding hydrogens is 1650 g/mol. The summed E-state index contributed by atoms with van der Waals surface area (Å²) < 4.78 is 22.7. The Bertz CT molecular complexity index is 3410. The fourth-order valence-electron chi connectivity index (χ4n) is 10.6. The summed E-state index contributed by atoms with van der Waals surface area (Å²) in [5.74, 6) is 0.310. The van der Waals surface area contributed by atoms with E-state index in [1.165, 1.54) is 39.1 Å². The van der Waals surface area contributed by atoms with Gasteiger partial charge in [-0.2, -0.15) is 53.1 Å². The molecule has 0 aliphatic carbocycles. The van der Waals surface area contributed by atoms with Crippen molar-refractivity contribution < 1.29 is 121 Å². The predicted molar refractivity (Wildman–Crippen MR) is 366 cm³/mol. The Morgan fingerprint density at radius 2 is 0.816 bits per heavy atom. The third-order valence-electron chi connectivity index (χ3n) is 15.1. The van der Waals surface area contributed by atoms with Crippen molar-refractivity contribution in [3.63, 3.8) is 0 Å². The molecule has 9 rings (SSSR count). The second kappa shape index (κ2) is 37.0. The smallest absolute Gasteiger partial charge is 0.391 e. The summed E-state index contributed by atoms with van der Waals surface area (Å²) in [5.41, 5.74) is 40.6. The summed E-state index contributed by atoms with van der Waals surface area (Å²) in [5, 5.41) is 11.1. The molecule has 0 aromatic heterocycles. The van der Waals surface area contributed by atoms with Crippen molar-refractivity contribution in [1.82, 2.24) is 14.7 Å². The van der Waals surface area contributed by atoms with Gasteiger partial charge in [-0.25, -0.2) is 0 Å². The molecule has 0 spiro atoms. The van der Waals surface area contributed by atoms with E-state index in [1.807, 2.05) is 24.3 Å². The molecule has 0 unspecified atom stereocenters. The van der Waals surface area contributed by atoms with E-state index in [-0.39, 0.29) is 118 Å². The second-order valence-electron chi connectivity index (χ2n) is 22.6. The third kappa shape index (κ3) is 22.4. The number of Topliss-reactive ketones (excluding diaryl/α,β-unsaturated/α-hetero) is 3. The Hall–Kier alpha value is -2.89. The van der Waals surface area contributed by atoms with Crippen LogP contribution >= 0.6 is 45.2 Å². The number of hydrogen-bond donors (Lipinski definition) is 0. The summed E-state index contributed by atoms with van der Waals surface area (Å²) in [6.07, 6.45) is 0. The molecule has 0 N–H and O–H groups in total. The summed E-state index contributed by atoms with van der Waals surface area (Å²) >= 11 is 1.65. The minimum absolute atomic E-state index is 0. The number of piperazine rings is 3. The van der Waals surface area contributed by atoms with Crippen LogP contribution in [0.4, 0.5) is 34.1 Å². The van der Waals surface area contributed by atoms with Gasteiger partial charge >= 0.3 is 171 Å². The molecule has 6 aromatic carbocycles. The first kappa shape index (κ1) is 73.2. The van der Waals surface area contributed by atoms with Gasteiger partial charge in [-0.15, -0.1) is 11.1 Å². The molecule has 0 atom stereocenters. The summed E-state index contributed by atoms with van der Waals surface area (Å²) in [7, 11) is 0. The molecule has 3 aliphatic rings. The van der Waals surface area contributed by atoms with E-state index in [1.54, 1.807) is 48.5 Å². The fourth-order valence-corrected chi connectivity index (χ4v) is 16.1. The number of anilines is 3. The van der Waals surface area contributed by atoms with E-state index >= 15 is 0 Å². The van der Waals surface area contributed by atoms with Gasteiger partial charge in [-0.3, -0.25) is 19.4 Å². The molecule has 0 amide bonds. The SMILES string of the molecule is Cc1c[c-]c(N2CCN(CC(=O)c3ccc(N=[N+]=[N-])[c]([Sn]([CH3])([CH3])[CH3])c3)CC2)c(C)c1.Cc1c[c-]c(N2CCN(CC(=O)c3ccc(N=[N+]=[N-])c(I)c3)CC2)c(C)c1.Cc1c[c-]c(N2CCN(CC(=O)c3ccc(N=[N+]=[N-])c([125I])c3)CC2)c(C)c1.[2HH].[2HH].[2H][2H].[2H][2H].[Y].[Y].[Y]. The van der Waals surface area contributed by atoms with Crippen LogP contribution in [0.15, 0.2) is 106 Å². The Morgan fingerprint density at radius 3 is 1.14 bits per heavy atom. The van der Waals surface area contributed by atoms with Crippen LogP contribution < -0.4 is 18.3 Å². The van der Waals surface area contributed by atoms with E-state index in [0.29, 0.717) is 47.8 Å².